The third-order valence-corrected chi connectivity index (χ3v) is 4.95. The minimum Gasteiger partial charge on any atom is -0.324 e. The van der Waals surface area contributed by atoms with Crippen LogP contribution in [0.15, 0.2) is 55.2 Å². The Morgan fingerprint density at radius 3 is 2.37 bits per heavy atom. The quantitative estimate of drug-likeness (QED) is 0.294. The minimum atomic E-state index is -3.48. The van der Waals surface area contributed by atoms with Crippen molar-refractivity contribution in [3.63, 3.8) is 0 Å². The van der Waals surface area contributed by atoms with E-state index in [1.54, 1.807) is 30.2 Å². The number of halogens is 4. The van der Waals surface area contributed by atoms with Crippen LogP contribution in [0.5, 0.6) is 0 Å². The highest BCUT2D eigenvalue weighted by molar-refractivity contribution is 5.92. The van der Waals surface area contributed by atoms with E-state index in [1.165, 1.54) is 24.5 Å². The number of hydrogen-bond donors (Lipinski definition) is 2. The van der Waals surface area contributed by atoms with E-state index in [0.29, 0.717) is 29.7 Å². The predicted octanol–water partition coefficient (Wildman–Crippen LogP) is 4.59. The Kier molecular flexibility index (Phi) is 6.45. The van der Waals surface area contributed by atoms with Crippen molar-refractivity contribution >= 4 is 23.2 Å². The summed E-state index contributed by atoms with van der Waals surface area (Å²) in [6.07, 6.45) is 6.96. The lowest BCUT2D eigenvalue weighted by molar-refractivity contribution is -0.115. The van der Waals surface area contributed by atoms with Gasteiger partial charge in [-0.15, -0.1) is 0 Å². The molecule has 0 spiro atoms. The van der Waals surface area contributed by atoms with Crippen LogP contribution in [0.25, 0.3) is 11.1 Å². The molecule has 0 bridgehead atoms. The van der Waals surface area contributed by atoms with Crippen LogP contribution >= 0.6 is 0 Å². The van der Waals surface area contributed by atoms with Crippen molar-refractivity contribution in [3.8, 4) is 11.1 Å². The summed E-state index contributed by atoms with van der Waals surface area (Å²) in [6, 6.07) is 5.08. The molecule has 4 aromatic rings. The first kappa shape index (κ1) is 23.8. The molecule has 0 atom stereocenters. The van der Waals surface area contributed by atoms with Gasteiger partial charge in [0.15, 0.2) is 0 Å². The number of aryl methyl sites for hydroxylation is 1. The van der Waals surface area contributed by atoms with Crippen molar-refractivity contribution in [1.29, 1.82) is 0 Å². The van der Waals surface area contributed by atoms with Gasteiger partial charge in [0.2, 0.25) is 17.8 Å². The summed E-state index contributed by atoms with van der Waals surface area (Å²) >= 11 is 0. The highest BCUT2D eigenvalue weighted by Gasteiger charge is 2.29. The zero-order valence-corrected chi connectivity index (χ0v) is 18.6. The molecule has 2 N–H and O–H groups in total. The molecular weight excluding hydrogens is 466 g/mol. The van der Waals surface area contributed by atoms with Crippen molar-refractivity contribution in [2.75, 3.05) is 10.6 Å². The van der Waals surface area contributed by atoms with E-state index in [1.807, 2.05) is 0 Å². The van der Waals surface area contributed by atoms with Crippen molar-refractivity contribution in [1.82, 2.24) is 24.7 Å². The number of nitrogens with zero attached hydrogens (tertiary/aromatic N) is 5. The summed E-state index contributed by atoms with van der Waals surface area (Å²) in [4.78, 5) is 24.0. The predicted molar refractivity (Wildman–Crippen MR) is 120 cm³/mol. The molecule has 1 amide bonds. The second-order valence-electron chi connectivity index (χ2n) is 7.80. The normalized spacial score (nSPS) is 11.4. The van der Waals surface area contributed by atoms with Gasteiger partial charge >= 0.3 is 0 Å². The summed E-state index contributed by atoms with van der Waals surface area (Å²) in [5.41, 5.74) is 0.777. The largest absolute Gasteiger partial charge is 0.324 e. The van der Waals surface area contributed by atoms with Crippen LogP contribution in [-0.2, 0) is 24.2 Å². The molecule has 0 saturated carbocycles. The average Bonchev–Trinajstić information content (AvgIpc) is 3.20. The number of amides is 1. The first-order valence-corrected chi connectivity index (χ1v) is 10.3. The summed E-state index contributed by atoms with van der Waals surface area (Å²) in [5.74, 6) is -5.79. The van der Waals surface area contributed by atoms with Gasteiger partial charge in [-0.1, -0.05) is 12.1 Å². The number of benzene rings is 1. The van der Waals surface area contributed by atoms with Gasteiger partial charge in [0.1, 0.15) is 5.82 Å². The van der Waals surface area contributed by atoms with Crippen molar-refractivity contribution in [3.05, 3.63) is 78.1 Å². The SMILES string of the molecule is Cn1cc(Nc2ncc(-c3ccc(CC(=O)Nc4cnc(F)c(C(C)(F)F)c4)c(F)c3)cn2)cn1. The van der Waals surface area contributed by atoms with E-state index < -0.39 is 29.2 Å². The fourth-order valence-corrected chi connectivity index (χ4v) is 3.23. The Hall–Kier alpha value is -4.35. The van der Waals surface area contributed by atoms with E-state index in [-0.39, 0.29) is 17.7 Å². The highest BCUT2D eigenvalue weighted by Crippen LogP contribution is 2.30. The second-order valence-corrected chi connectivity index (χ2v) is 7.80. The Labute approximate surface area is 197 Å². The fourth-order valence-electron chi connectivity index (χ4n) is 3.23. The molecule has 180 valence electrons. The molecule has 1 aromatic carbocycles. The maximum Gasteiger partial charge on any atom is 0.274 e. The number of carbonyl (C=O) groups is 1. The Balaban J connectivity index is 1.42. The minimum absolute atomic E-state index is 0.0816. The monoisotopic (exact) mass is 485 g/mol. The number of nitrogens with one attached hydrogen (secondary N) is 2. The zero-order valence-electron chi connectivity index (χ0n) is 18.6. The second kappa shape index (κ2) is 9.49. The molecule has 3 aromatic heterocycles. The molecular formula is C23H19F4N7O. The van der Waals surface area contributed by atoms with Gasteiger partial charge in [0, 0.05) is 38.1 Å². The molecule has 0 saturated heterocycles. The lowest BCUT2D eigenvalue weighted by Gasteiger charge is -2.13. The van der Waals surface area contributed by atoms with Gasteiger partial charge in [-0.25, -0.2) is 28.1 Å². The fraction of sp³-hybridized carbons (Fsp3) is 0.174. The molecule has 8 nitrogen and oxygen atoms in total. The first-order chi connectivity index (χ1) is 16.6. The Morgan fingerprint density at radius 1 is 1.00 bits per heavy atom. The number of alkyl halides is 2. The summed E-state index contributed by atoms with van der Waals surface area (Å²) in [6.45, 7) is 0.519. The molecule has 35 heavy (non-hydrogen) atoms. The maximum atomic E-state index is 14.7. The van der Waals surface area contributed by atoms with Crippen LogP contribution in [0.2, 0.25) is 0 Å². The molecule has 0 aliphatic carbocycles. The van der Waals surface area contributed by atoms with Gasteiger partial charge in [-0.2, -0.15) is 9.49 Å². The van der Waals surface area contributed by atoms with Crippen LogP contribution in [0.4, 0.5) is 34.9 Å². The zero-order chi connectivity index (χ0) is 25.2. The molecule has 0 aliphatic rings. The van der Waals surface area contributed by atoms with Crippen LogP contribution in [-0.4, -0.2) is 30.6 Å². The number of aromatic nitrogens is 5. The molecule has 0 fully saturated rings. The van der Waals surface area contributed by atoms with E-state index in [4.69, 9.17) is 0 Å². The van der Waals surface area contributed by atoms with Gasteiger partial charge < -0.3 is 10.6 Å². The van der Waals surface area contributed by atoms with Gasteiger partial charge in [0.05, 0.1) is 35.8 Å². The number of hydrogen-bond acceptors (Lipinski definition) is 6. The number of pyridine rings is 1. The highest BCUT2D eigenvalue weighted by atomic mass is 19.3. The molecule has 0 aliphatic heterocycles. The molecule has 3 heterocycles. The lowest BCUT2D eigenvalue weighted by atomic mass is 10.0. The third-order valence-electron chi connectivity index (χ3n) is 4.95. The lowest BCUT2D eigenvalue weighted by Crippen LogP contribution is -2.17. The van der Waals surface area contributed by atoms with E-state index in [0.717, 1.165) is 12.3 Å². The van der Waals surface area contributed by atoms with Gasteiger partial charge in [0.25, 0.3) is 5.92 Å². The maximum absolute atomic E-state index is 14.7. The Bertz CT molecular complexity index is 1370. The van der Waals surface area contributed by atoms with Crippen LogP contribution in [0.1, 0.15) is 18.1 Å². The van der Waals surface area contributed by atoms with Crippen LogP contribution in [0.3, 0.4) is 0 Å². The Morgan fingerprint density at radius 2 is 1.74 bits per heavy atom. The number of anilines is 3. The average molecular weight is 485 g/mol. The first-order valence-electron chi connectivity index (χ1n) is 10.3. The van der Waals surface area contributed by atoms with Crippen LogP contribution < -0.4 is 10.6 Å². The third kappa shape index (κ3) is 5.78. The smallest absolute Gasteiger partial charge is 0.274 e. The number of carbonyl (C=O) groups excluding carboxylic acids is 1. The molecule has 4 rings (SSSR count). The van der Waals surface area contributed by atoms with Crippen LogP contribution in [0, 0.1) is 11.8 Å². The van der Waals surface area contributed by atoms with Crippen molar-refractivity contribution in [2.24, 2.45) is 7.05 Å². The number of rotatable bonds is 7. The van der Waals surface area contributed by atoms with E-state index in [9.17, 15) is 22.4 Å². The van der Waals surface area contributed by atoms with Crippen molar-refractivity contribution < 1.29 is 22.4 Å². The standard InChI is InChI=1S/C23H19F4N7O/c1-23(26,27)18-7-16(10-28-21(18)25)32-20(35)6-14-4-3-13(5-19(14)24)15-8-29-22(30-9-15)33-17-11-31-34(2)12-17/h3-5,7-12H,6H2,1-2H3,(H,32,35)(H,29,30,33). The topological polar surface area (TPSA) is 97.6 Å². The van der Waals surface area contributed by atoms with E-state index in [2.05, 4.69) is 30.7 Å². The summed E-state index contributed by atoms with van der Waals surface area (Å²) in [5, 5.41) is 9.36. The summed E-state index contributed by atoms with van der Waals surface area (Å²) < 4.78 is 56.8. The summed E-state index contributed by atoms with van der Waals surface area (Å²) in [7, 11) is 1.78. The van der Waals surface area contributed by atoms with Gasteiger partial charge in [-0.3, -0.25) is 9.48 Å². The molecule has 12 heteroatoms. The molecule has 0 radical (unpaired) electrons. The molecule has 0 unspecified atom stereocenters. The van der Waals surface area contributed by atoms with E-state index >= 15 is 0 Å². The van der Waals surface area contributed by atoms with Crippen molar-refractivity contribution in [2.45, 2.75) is 19.3 Å². The van der Waals surface area contributed by atoms with Gasteiger partial charge in [-0.05, 0) is 23.3 Å².